The van der Waals surface area contributed by atoms with Crippen LogP contribution in [-0.4, -0.2) is 0 Å². The number of allylic oxidation sites excluding steroid dienone is 8. The molecule has 0 saturated carbocycles. The molecule has 0 aromatic heterocycles. The van der Waals surface area contributed by atoms with Crippen molar-refractivity contribution in [2.24, 2.45) is 5.92 Å². The van der Waals surface area contributed by atoms with Crippen LogP contribution in [0.2, 0.25) is 0 Å². The molecule has 2 aliphatic carbocycles. The smallest absolute Gasteiger partial charge is 0.00618 e. The summed E-state index contributed by atoms with van der Waals surface area (Å²) in [6, 6.07) is 8.80. The van der Waals surface area contributed by atoms with Gasteiger partial charge in [-0.3, -0.25) is 0 Å². The van der Waals surface area contributed by atoms with Gasteiger partial charge in [-0.15, -0.1) is 0 Å². The van der Waals surface area contributed by atoms with Crippen molar-refractivity contribution in [3.63, 3.8) is 0 Å². The molecule has 0 heteroatoms. The normalized spacial score (nSPS) is 21.8. The standard InChI is InChI=1S/C17H16/c1-13-9-11-15(12-10-13)17-8-4-6-14-5-2-3-7-16(14)17/h2-5,7-12,14H,6H2,1H3. The van der Waals surface area contributed by atoms with Gasteiger partial charge in [0.15, 0.2) is 0 Å². The van der Waals surface area contributed by atoms with Crippen molar-refractivity contribution < 1.29 is 0 Å². The van der Waals surface area contributed by atoms with Crippen molar-refractivity contribution >= 4 is 5.57 Å². The Kier molecular flexibility index (Phi) is 2.56. The molecule has 0 bridgehead atoms. The molecule has 1 atom stereocenters. The van der Waals surface area contributed by atoms with Crippen LogP contribution in [0.5, 0.6) is 0 Å². The lowest BCUT2D eigenvalue weighted by Crippen LogP contribution is -2.06. The molecule has 84 valence electrons. The molecule has 0 spiro atoms. The van der Waals surface area contributed by atoms with E-state index in [0.717, 1.165) is 6.42 Å². The van der Waals surface area contributed by atoms with Crippen LogP contribution >= 0.6 is 0 Å². The highest BCUT2D eigenvalue weighted by Gasteiger charge is 2.17. The van der Waals surface area contributed by atoms with Crippen LogP contribution in [0.1, 0.15) is 17.5 Å². The number of hydrogen-bond acceptors (Lipinski definition) is 0. The maximum atomic E-state index is 2.30. The Hall–Kier alpha value is -1.82. The second kappa shape index (κ2) is 4.21. The molecule has 3 rings (SSSR count). The molecular weight excluding hydrogens is 204 g/mol. The first kappa shape index (κ1) is 10.3. The Bertz CT molecular complexity index is 536. The third-order valence-electron chi connectivity index (χ3n) is 3.48. The van der Waals surface area contributed by atoms with Crippen molar-refractivity contribution in [3.05, 3.63) is 77.4 Å². The Labute approximate surface area is 103 Å². The fourth-order valence-electron chi connectivity index (χ4n) is 2.50. The Morgan fingerprint density at radius 1 is 1.00 bits per heavy atom. The second-order valence-corrected chi connectivity index (χ2v) is 4.72. The van der Waals surface area contributed by atoms with E-state index in [1.807, 2.05) is 0 Å². The Morgan fingerprint density at radius 2 is 1.82 bits per heavy atom. The van der Waals surface area contributed by atoms with E-state index < -0.39 is 0 Å². The van der Waals surface area contributed by atoms with E-state index in [1.54, 1.807) is 0 Å². The molecule has 0 fully saturated rings. The first-order valence-electron chi connectivity index (χ1n) is 6.17. The highest BCUT2D eigenvalue weighted by Crippen LogP contribution is 2.34. The minimum atomic E-state index is 0.571. The molecular formula is C17H16. The molecule has 0 amide bonds. The lowest BCUT2D eigenvalue weighted by molar-refractivity contribution is 0.784. The topological polar surface area (TPSA) is 0 Å². The molecule has 0 aliphatic heterocycles. The number of benzene rings is 1. The third kappa shape index (κ3) is 1.91. The molecule has 1 aromatic carbocycles. The monoisotopic (exact) mass is 220 g/mol. The molecule has 0 saturated heterocycles. The lowest BCUT2D eigenvalue weighted by Gasteiger charge is -2.22. The van der Waals surface area contributed by atoms with Crippen molar-refractivity contribution in [2.75, 3.05) is 0 Å². The number of hydrogen-bond donors (Lipinski definition) is 0. The van der Waals surface area contributed by atoms with Gasteiger partial charge in [-0.05, 0) is 30.1 Å². The van der Waals surface area contributed by atoms with Crippen molar-refractivity contribution in [1.29, 1.82) is 0 Å². The Balaban J connectivity index is 2.09. The second-order valence-electron chi connectivity index (χ2n) is 4.72. The summed E-state index contributed by atoms with van der Waals surface area (Å²) < 4.78 is 0. The minimum Gasteiger partial charge on any atom is -0.0830 e. The van der Waals surface area contributed by atoms with Gasteiger partial charge in [0.25, 0.3) is 0 Å². The van der Waals surface area contributed by atoms with E-state index in [9.17, 15) is 0 Å². The zero-order valence-electron chi connectivity index (χ0n) is 10.1. The van der Waals surface area contributed by atoms with Gasteiger partial charge in [0, 0.05) is 5.92 Å². The Morgan fingerprint density at radius 3 is 2.65 bits per heavy atom. The van der Waals surface area contributed by atoms with Gasteiger partial charge in [-0.1, -0.05) is 66.3 Å². The summed E-state index contributed by atoms with van der Waals surface area (Å²) in [5.74, 6) is 0.571. The molecule has 0 heterocycles. The van der Waals surface area contributed by atoms with Gasteiger partial charge in [-0.2, -0.15) is 0 Å². The maximum Gasteiger partial charge on any atom is 0.00618 e. The number of aryl methyl sites for hydroxylation is 1. The van der Waals surface area contributed by atoms with Gasteiger partial charge >= 0.3 is 0 Å². The molecule has 17 heavy (non-hydrogen) atoms. The van der Waals surface area contributed by atoms with Crippen molar-refractivity contribution in [1.82, 2.24) is 0 Å². The minimum absolute atomic E-state index is 0.571. The molecule has 0 N–H and O–H groups in total. The van der Waals surface area contributed by atoms with Gasteiger partial charge in [0.2, 0.25) is 0 Å². The molecule has 2 aliphatic rings. The summed E-state index contributed by atoms with van der Waals surface area (Å²) in [5.41, 5.74) is 5.47. The van der Waals surface area contributed by atoms with E-state index in [0.29, 0.717) is 5.92 Å². The number of fused-ring (bicyclic) bond motifs is 1. The van der Waals surface area contributed by atoms with Crippen LogP contribution in [0, 0.1) is 12.8 Å². The summed E-state index contributed by atoms with van der Waals surface area (Å²) in [7, 11) is 0. The highest BCUT2D eigenvalue weighted by atomic mass is 14.2. The summed E-state index contributed by atoms with van der Waals surface area (Å²) in [5, 5.41) is 0. The van der Waals surface area contributed by atoms with Gasteiger partial charge in [0.1, 0.15) is 0 Å². The molecule has 0 radical (unpaired) electrons. The molecule has 1 unspecified atom stereocenters. The molecule has 0 nitrogen and oxygen atoms in total. The van der Waals surface area contributed by atoms with Crippen LogP contribution in [0.4, 0.5) is 0 Å². The summed E-state index contributed by atoms with van der Waals surface area (Å²) in [6.07, 6.45) is 14.5. The van der Waals surface area contributed by atoms with Crippen LogP contribution in [-0.2, 0) is 0 Å². The van der Waals surface area contributed by atoms with Crippen molar-refractivity contribution in [3.8, 4) is 0 Å². The summed E-state index contributed by atoms with van der Waals surface area (Å²) in [6.45, 7) is 2.13. The van der Waals surface area contributed by atoms with Crippen LogP contribution in [0.25, 0.3) is 5.57 Å². The van der Waals surface area contributed by atoms with E-state index in [2.05, 4.69) is 67.6 Å². The zero-order chi connectivity index (χ0) is 11.7. The maximum absolute atomic E-state index is 2.30. The largest absolute Gasteiger partial charge is 0.0830 e. The third-order valence-corrected chi connectivity index (χ3v) is 3.48. The predicted octanol–water partition coefficient (Wildman–Crippen LogP) is 4.45. The predicted molar refractivity (Wildman–Crippen MR) is 73.6 cm³/mol. The van der Waals surface area contributed by atoms with E-state index in [-0.39, 0.29) is 0 Å². The zero-order valence-corrected chi connectivity index (χ0v) is 10.1. The van der Waals surface area contributed by atoms with E-state index >= 15 is 0 Å². The van der Waals surface area contributed by atoms with Crippen molar-refractivity contribution in [2.45, 2.75) is 13.3 Å². The van der Waals surface area contributed by atoms with Gasteiger partial charge in [0.05, 0.1) is 0 Å². The fourth-order valence-corrected chi connectivity index (χ4v) is 2.50. The SMILES string of the molecule is Cc1ccc(C2=C3C=CC=CC3CC=C2)cc1. The van der Waals surface area contributed by atoms with E-state index in [4.69, 9.17) is 0 Å². The average Bonchev–Trinajstić information content (AvgIpc) is 2.39. The summed E-state index contributed by atoms with van der Waals surface area (Å²) in [4.78, 5) is 0. The van der Waals surface area contributed by atoms with Gasteiger partial charge < -0.3 is 0 Å². The number of rotatable bonds is 1. The summed E-state index contributed by atoms with van der Waals surface area (Å²) >= 11 is 0. The van der Waals surface area contributed by atoms with Crippen LogP contribution < -0.4 is 0 Å². The van der Waals surface area contributed by atoms with E-state index in [1.165, 1.54) is 22.3 Å². The lowest BCUT2D eigenvalue weighted by atomic mass is 9.82. The average molecular weight is 220 g/mol. The molecule has 1 aromatic rings. The van der Waals surface area contributed by atoms with Crippen LogP contribution in [0.15, 0.2) is 66.3 Å². The van der Waals surface area contributed by atoms with Crippen LogP contribution in [0.3, 0.4) is 0 Å². The van der Waals surface area contributed by atoms with Gasteiger partial charge in [-0.25, -0.2) is 0 Å². The highest BCUT2D eigenvalue weighted by molar-refractivity contribution is 5.80. The quantitative estimate of drug-likeness (QED) is 0.656. The fraction of sp³-hybridized carbons (Fsp3) is 0.176. The first-order chi connectivity index (χ1) is 8.34. The first-order valence-corrected chi connectivity index (χ1v) is 6.17.